The number of allylic oxidation sites excluding steroid dienone is 3. The molecule has 1 amide bonds. The zero-order chi connectivity index (χ0) is 26.2. The van der Waals surface area contributed by atoms with Crippen molar-refractivity contribution in [3.8, 4) is 6.07 Å². The molecule has 2 fully saturated rings. The third-order valence-electron chi connectivity index (χ3n) is 7.44. The van der Waals surface area contributed by atoms with Gasteiger partial charge >= 0.3 is 0 Å². The van der Waals surface area contributed by atoms with Crippen molar-refractivity contribution in [2.45, 2.75) is 59.0 Å². The van der Waals surface area contributed by atoms with Crippen molar-refractivity contribution >= 4 is 11.7 Å². The number of methoxy groups -OCH3 is 1. The number of likely N-dealkylation sites (tertiary alicyclic amines) is 2. The molecule has 7 nitrogen and oxygen atoms in total. The van der Waals surface area contributed by atoms with E-state index in [2.05, 4.69) is 41.7 Å². The molecule has 0 unspecified atom stereocenters. The molecule has 1 N–H and O–H groups in total. The molecule has 0 spiro atoms. The van der Waals surface area contributed by atoms with E-state index in [1.807, 2.05) is 19.9 Å². The SMILES string of the molecule is C=C(/C=C(C(\C)=C/C)/C(=C(/C#N)C(C)=O)N1CCC(C)(OC)CC1)C(=O)NCC1CCN(C)CC1. The van der Waals surface area contributed by atoms with Gasteiger partial charge in [-0.05, 0) is 91.1 Å². The van der Waals surface area contributed by atoms with Crippen molar-refractivity contribution in [1.82, 2.24) is 15.1 Å². The number of amides is 1. The minimum absolute atomic E-state index is 0.0954. The summed E-state index contributed by atoms with van der Waals surface area (Å²) in [4.78, 5) is 29.8. The fraction of sp³-hybridized carbons (Fsp3) is 0.607. The lowest BCUT2D eigenvalue weighted by Crippen LogP contribution is -2.44. The molecule has 7 heteroatoms. The lowest BCUT2D eigenvalue weighted by molar-refractivity contribution is -0.117. The topological polar surface area (TPSA) is 85.7 Å². The highest BCUT2D eigenvalue weighted by Crippen LogP contribution is 2.33. The van der Waals surface area contributed by atoms with E-state index >= 15 is 0 Å². The van der Waals surface area contributed by atoms with E-state index in [-0.39, 0.29) is 22.9 Å². The Kier molecular flexibility index (Phi) is 10.5. The van der Waals surface area contributed by atoms with Gasteiger partial charge in [-0.2, -0.15) is 5.26 Å². The third kappa shape index (κ3) is 7.65. The van der Waals surface area contributed by atoms with E-state index in [4.69, 9.17) is 4.74 Å². The number of rotatable bonds is 9. The average molecular weight is 483 g/mol. The molecule has 2 heterocycles. The van der Waals surface area contributed by atoms with E-state index in [1.165, 1.54) is 6.92 Å². The Hall–Kier alpha value is -2.69. The number of Topliss-reactive ketones (excluding diaryl/α,β-unsaturated/α-hetero) is 1. The maximum Gasteiger partial charge on any atom is 0.250 e. The molecule has 35 heavy (non-hydrogen) atoms. The zero-order valence-electron chi connectivity index (χ0n) is 22.4. The van der Waals surface area contributed by atoms with E-state index in [9.17, 15) is 14.9 Å². The molecule has 2 saturated heterocycles. The van der Waals surface area contributed by atoms with Crippen molar-refractivity contribution in [2.24, 2.45) is 5.92 Å². The first-order chi connectivity index (χ1) is 16.5. The van der Waals surface area contributed by atoms with Gasteiger partial charge in [-0.15, -0.1) is 0 Å². The Morgan fingerprint density at radius 3 is 2.29 bits per heavy atom. The maximum absolute atomic E-state index is 12.9. The molecular weight excluding hydrogens is 440 g/mol. The van der Waals surface area contributed by atoms with Gasteiger partial charge in [0, 0.05) is 37.9 Å². The highest BCUT2D eigenvalue weighted by Gasteiger charge is 2.33. The number of carbonyl (C=O) groups excluding carboxylic acids is 2. The Morgan fingerprint density at radius 1 is 1.20 bits per heavy atom. The van der Waals surface area contributed by atoms with Crippen LogP contribution < -0.4 is 5.32 Å². The number of hydrogen-bond donors (Lipinski definition) is 1. The van der Waals surface area contributed by atoms with Crippen LogP contribution in [0.25, 0.3) is 0 Å². The lowest BCUT2D eigenvalue weighted by atomic mass is 9.89. The van der Waals surface area contributed by atoms with Crippen LogP contribution in [0, 0.1) is 17.2 Å². The van der Waals surface area contributed by atoms with E-state index < -0.39 is 0 Å². The van der Waals surface area contributed by atoms with Gasteiger partial charge in [0.2, 0.25) is 0 Å². The Bertz CT molecular complexity index is 938. The minimum Gasteiger partial charge on any atom is -0.378 e. The monoisotopic (exact) mass is 482 g/mol. The summed E-state index contributed by atoms with van der Waals surface area (Å²) in [5.74, 6) is -0.0585. The number of nitrogens with zero attached hydrogens (tertiary/aromatic N) is 3. The van der Waals surface area contributed by atoms with Gasteiger partial charge in [0.05, 0.1) is 11.3 Å². The average Bonchev–Trinajstić information content (AvgIpc) is 2.85. The van der Waals surface area contributed by atoms with Gasteiger partial charge in [-0.3, -0.25) is 9.59 Å². The van der Waals surface area contributed by atoms with Crippen LogP contribution in [0.4, 0.5) is 0 Å². The summed E-state index contributed by atoms with van der Waals surface area (Å²) in [7, 11) is 3.83. The van der Waals surface area contributed by atoms with Crippen molar-refractivity contribution < 1.29 is 14.3 Å². The Morgan fingerprint density at radius 2 is 1.80 bits per heavy atom. The molecule has 0 aliphatic carbocycles. The Labute approximate surface area is 211 Å². The highest BCUT2D eigenvalue weighted by atomic mass is 16.5. The molecule has 0 saturated carbocycles. The molecule has 2 rings (SSSR count). The Balaban J connectivity index is 2.34. The third-order valence-corrected chi connectivity index (χ3v) is 7.44. The smallest absolute Gasteiger partial charge is 0.250 e. The number of nitrogens with one attached hydrogen (secondary N) is 1. The number of carbonyl (C=O) groups is 2. The zero-order valence-corrected chi connectivity index (χ0v) is 22.4. The fourth-order valence-corrected chi connectivity index (χ4v) is 4.55. The van der Waals surface area contributed by atoms with Gasteiger partial charge < -0.3 is 19.9 Å². The quantitative estimate of drug-likeness (QED) is 0.306. The molecule has 0 atom stereocenters. The first-order valence-electron chi connectivity index (χ1n) is 12.5. The van der Waals surface area contributed by atoms with Crippen molar-refractivity contribution in [3.63, 3.8) is 0 Å². The summed E-state index contributed by atoms with van der Waals surface area (Å²) in [6, 6.07) is 2.12. The van der Waals surface area contributed by atoms with Crippen LogP contribution in [0.1, 0.15) is 53.4 Å². The summed E-state index contributed by atoms with van der Waals surface area (Å²) in [5, 5.41) is 12.9. The highest BCUT2D eigenvalue weighted by molar-refractivity contribution is 5.99. The number of ketones is 1. The molecule has 0 aromatic rings. The minimum atomic E-state index is -0.297. The largest absolute Gasteiger partial charge is 0.378 e. The first-order valence-corrected chi connectivity index (χ1v) is 12.5. The second-order valence-corrected chi connectivity index (χ2v) is 10.0. The van der Waals surface area contributed by atoms with Crippen LogP contribution in [0.15, 0.2) is 46.7 Å². The molecule has 0 aromatic carbocycles. The van der Waals surface area contributed by atoms with Gasteiger partial charge in [0.25, 0.3) is 5.91 Å². The normalized spacial score (nSPS) is 20.7. The molecule has 0 aromatic heterocycles. The molecule has 0 radical (unpaired) electrons. The fourth-order valence-electron chi connectivity index (χ4n) is 4.55. The maximum atomic E-state index is 12.9. The predicted molar refractivity (Wildman–Crippen MR) is 139 cm³/mol. The van der Waals surface area contributed by atoms with Gasteiger partial charge in [-0.25, -0.2) is 0 Å². The van der Waals surface area contributed by atoms with Crippen LogP contribution >= 0.6 is 0 Å². The lowest BCUT2D eigenvalue weighted by Gasteiger charge is -2.41. The summed E-state index contributed by atoms with van der Waals surface area (Å²) < 4.78 is 5.68. The summed E-state index contributed by atoms with van der Waals surface area (Å²) in [6.45, 7) is 15.3. The van der Waals surface area contributed by atoms with E-state index in [1.54, 1.807) is 13.2 Å². The van der Waals surface area contributed by atoms with Gasteiger partial charge in [0.15, 0.2) is 5.78 Å². The second-order valence-electron chi connectivity index (χ2n) is 10.0. The van der Waals surface area contributed by atoms with Crippen LogP contribution in [0.5, 0.6) is 0 Å². The molecule has 2 aliphatic heterocycles. The van der Waals surface area contributed by atoms with Crippen molar-refractivity contribution in [2.75, 3.05) is 46.9 Å². The standard InChI is InChI=1S/C28H42N4O3/c1-8-20(2)24(17-21(3)27(34)30-19-23-9-13-31(6)14-10-23)26(25(18-29)22(4)33)32-15-11-28(5,35-7)12-16-32/h8,17,23H,3,9-16,19H2,1-2,4-7H3,(H,30,34)/b20-8-,24-17+,26-25+. The van der Waals surface area contributed by atoms with Crippen LogP contribution in [0.2, 0.25) is 0 Å². The van der Waals surface area contributed by atoms with Crippen LogP contribution in [-0.2, 0) is 14.3 Å². The number of nitriles is 1. The number of ether oxygens (including phenoxy) is 1. The summed E-state index contributed by atoms with van der Waals surface area (Å²) >= 11 is 0. The van der Waals surface area contributed by atoms with Crippen molar-refractivity contribution in [1.29, 1.82) is 5.26 Å². The van der Waals surface area contributed by atoms with Crippen LogP contribution in [0.3, 0.4) is 0 Å². The first kappa shape index (κ1) is 28.5. The van der Waals surface area contributed by atoms with E-state index in [0.29, 0.717) is 42.4 Å². The number of piperidine rings is 2. The van der Waals surface area contributed by atoms with Crippen LogP contribution in [-0.4, -0.2) is 74.0 Å². The van der Waals surface area contributed by atoms with E-state index in [0.717, 1.165) is 44.3 Å². The summed E-state index contributed by atoms with van der Waals surface area (Å²) in [5.41, 5.74) is 2.29. The van der Waals surface area contributed by atoms with Gasteiger partial charge in [0.1, 0.15) is 11.6 Å². The number of hydrogen-bond acceptors (Lipinski definition) is 6. The second kappa shape index (κ2) is 12.9. The molecular formula is C28H42N4O3. The summed E-state index contributed by atoms with van der Waals surface area (Å²) in [6.07, 6.45) is 7.31. The van der Waals surface area contributed by atoms with Gasteiger partial charge in [-0.1, -0.05) is 12.7 Å². The predicted octanol–water partition coefficient (Wildman–Crippen LogP) is 3.76. The molecule has 192 valence electrons. The van der Waals surface area contributed by atoms with Crippen molar-refractivity contribution in [3.05, 3.63) is 46.7 Å². The molecule has 2 aliphatic rings. The molecule has 0 bridgehead atoms.